The fourth-order valence-electron chi connectivity index (χ4n) is 2.44. The summed E-state index contributed by atoms with van der Waals surface area (Å²) in [6.45, 7) is 2.98. The zero-order valence-corrected chi connectivity index (χ0v) is 10.8. The van der Waals surface area contributed by atoms with Gasteiger partial charge in [-0.3, -0.25) is 0 Å². The van der Waals surface area contributed by atoms with Crippen LogP contribution in [0.15, 0.2) is 24.3 Å². The fourth-order valence-corrected chi connectivity index (χ4v) is 2.44. The van der Waals surface area contributed by atoms with E-state index >= 15 is 0 Å². The second-order valence-corrected chi connectivity index (χ2v) is 4.65. The monoisotopic (exact) mass is 234 g/mol. The van der Waals surface area contributed by atoms with E-state index in [-0.39, 0.29) is 0 Å². The zero-order valence-electron chi connectivity index (χ0n) is 10.8. The number of ether oxygens (including phenoxy) is 1. The summed E-state index contributed by atoms with van der Waals surface area (Å²) >= 11 is 0. The van der Waals surface area contributed by atoms with Gasteiger partial charge in [0.25, 0.3) is 0 Å². The van der Waals surface area contributed by atoms with Crippen molar-refractivity contribution in [2.75, 3.05) is 32.1 Å². The predicted molar refractivity (Wildman–Crippen MR) is 71.4 cm³/mol. The van der Waals surface area contributed by atoms with E-state index in [2.05, 4.69) is 41.5 Å². The molecule has 0 saturated carbocycles. The van der Waals surface area contributed by atoms with Crippen molar-refractivity contribution >= 4 is 5.69 Å². The molecule has 0 aromatic heterocycles. The van der Waals surface area contributed by atoms with Crippen LogP contribution >= 0.6 is 0 Å². The predicted octanol–water partition coefficient (Wildman–Crippen LogP) is 2.02. The molecule has 3 heteroatoms. The lowest BCUT2D eigenvalue weighted by molar-refractivity contribution is 0.185. The molecule has 0 amide bonds. The largest absolute Gasteiger partial charge is 0.380 e. The summed E-state index contributed by atoms with van der Waals surface area (Å²) < 4.78 is 5.18. The van der Waals surface area contributed by atoms with Gasteiger partial charge in [-0.1, -0.05) is 12.1 Å². The topological polar surface area (TPSA) is 24.5 Å². The first kappa shape index (κ1) is 12.4. The number of anilines is 1. The van der Waals surface area contributed by atoms with Gasteiger partial charge in [-0.05, 0) is 37.6 Å². The third kappa shape index (κ3) is 3.20. The minimum atomic E-state index is 0.688. The van der Waals surface area contributed by atoms with Crippen molar-refractivity contribution in [3.05, 3.63) is 29.8 Å². The average Bonchev–Trinajstić information content (AvgIpc) is 2.40. The van der Waals surface area contributed by atoms with Crippen LogP contribution in [0.1, 0.15) is 18.4 Å². The Bertz CT molecular complexity index is 346. The number of hydrogen-bond donors (Lipinski definition) is 1. The van der Waals surface area contributed by atoms with Crippen molar-refractivity contribution in [3.63, 3.8) is 0 Å². The molecule has 0 spiro atoms. The molecule has 1 aromatic carbocycles. The Morgan fingerprint density at radius 3 is 2.76 bits per heavy atom. The second kappa shape index (κ2) is 6.03. The summed E-state index contributed by atoms with van der Waals surface area (Å²) in [4.78, 5) is 2.47. The zero-order chi connectivity index (χ0) is 12.1. The van der Waals surface area contributed by atoms with E-state index in [0.717, 1.165) is 13.1 Å². The molecule has 0 unspecified atom stereocenters. The molecular weight excluding hydrogens is 212 g/mol. The standard InChI is InChI=1S/C14H22N2O/c1-15-13-6-8-16(9-7-13)14-5-3-4-12(10-14)11-17-2/h3-5,10,13,15H,6-9,11H2,1-2H3. The van der Waals surface area contributed by atoms with E-state index in [4.69, 9.17) is 4.74 Å². The Kier molecular flexibility index (Phi) is 4.40. The summed E-state index contributed by atoms with van der Waals surface area (Å²) in [6, 6.07) is 9.36. The summed E-state index contributed by atoms with van der Waals surface area (Å²) in [6.07, 6.45) is 2.45. The number of piperidine rings is 1. The third-order valence-electron chi connectivity index (χ3n) is 3.49. The van der Waals surface area contributed by atoms with Crippen LogP contribution in [-0.4, -0.2) is 33.3 Å². The molecule has 0 bridgehead atoms. The Hall–Kier alpha value is -1.06. The van der Waals surface area contributed by atoms with Gasteiger partial charge in [0.1, 0.15) is 0 Å². The molecule has 94 valence electrons. The summed E-state index contributed by atoms with van der Waals surface area (Å²) in [7, 11) is 3.80. The summed E-state index contributed by atoms with van der Waals surface area (Å²) in [5, 5.41) is 3.36. The maximum absolute atomic E-state index is 5.18. The molecule has 1 aliphatic heterocycles. The van der Waals surface area contributed by atoms with Gasteiger partial charge in [0.15, 0.2) is 0 Å². The average molecular weight is 234 g/mol. The fraction of sp³-hybridized carbons (Fsp3) is 0.571. The van der Waals surface area contributed by atoms with Crippen LogP contribution in [-0.2, 0) is 11.3 Å². The minimum absolute atomic E-state index is 0.688. The highest BCUT2D eigenvalue weighted by Gasteiger charge is 2.17. The number of benzene rings is 1. The Labute approximate surface area is 104 Å². The van der Waals surface area contributed by atoms with Crippen molar-refractivity contribution < 1.29 is 4.74 Å². The normalized spacial score (nSPS) is 17.4. The van der Waals surface area contributed by atoms with Crippen LogP contribution < -0.4 is 10.2 Å². The lowest BCUT2D eigenvalue weighted by atomic mass is 10.0. The van der Waals surface area contributed by atoms with Crippen molar-refractivity contribution in [1.82, 2.24) is 5.32 Å². The smallest absolute Gasteiger partial charge is 0.0713 e. The second-order valence-electron chi connectivity index (χ2n) is 4.65. The van der Waals surface area contributed by atoms with E-state index in [9.17, 15) is 0 Å². The molecule has 17 heavy (non-hydrogen) atoms. The summed E-state index contributed by atoms with van der Waals surface area (Å²) in [5.74, 6) is 0. The van der Waals surface area contributed by atoms with Crippen LogP contribution in [0.2, 0.25) is 0 Å². The highest BCUT2D eigenvalue weighted by molar-refractivity contribution is 5.48. The molecule has 0 atom stereocenters. The molecule has 1 aliphatic rings. The van der Waals surface area contributed by atoms with Gasteiger partial charge in [-0.2, -0.15) is 0 Å². The molecule has 1 heterocycles. The highest BCUT2D eigenvalue weighted by atomic mass is 16.5. The Morgan fingerprint density at radius 2 is 2.12 bits per heavy atom. The molecule has 1 N–H and O–H groups in total. The van der Waals surface area contributed by atoms with Crippen molar-refractivity contribution in [2.45, 2.75) is 25.5 Å². The molecule has 2 rings (SSSR count). The first-order chi connectivity index (χ1) is 8.33. The van der Waals surface area contributed by atoms with E-state index in [1.807, 2.05) is 0 Å². The van der Waals surface area contributed by atoms with Crippen LogP contribution in [0, 0.1) is 0 Å². The third-order valence-corrected chi connectivity index (χ3v) is 3.49. The van der Waals surface area contributed by atoms with Crippen molar-refractivity contribution in [3.8, 4) is 0 Å². The SMILES string of the molecule is CNC1CCN(c2cccc(COC)c2)CC1. The van der Waals surface area contributed by atoms with Gasteiger partial charge in [0, 0.05) is 31.9 Å². The van der Waals surface area contributed by atoms with Gasteiger partial charge < -0.3 is 15.0 Å². The maximum Gasteiger partial charge on any atom is 0.0713 e. The summed E-state index contributed by atoms with van der Waals surface area (Å²) in [5.41, 5.74) is 2.58. The maximum atomic E-state index is 5.18. The van der Waals surface area contributed by atoms with Gasteiger partial charge in [-0.15, -0.1) is 0 Å². The van der Waals surface area contributed by atoms with Crippen LogP contribution in [0.3, 0.4) is 0 Å². The number of nitrogens with zero attached hydrogens (tertiary/aromatic N) is 1. The first-order valence-corrected chi connectivity index (χ1v) is 6.33. The van der Waals surface area contributed by atoms with E-state index in [1.54, 1.807) is 7.11 Å². The van der Waals surface area contributed by atoms with E-state index in [0.29, 0.717) is 12.6 Å². The number of nitrogens with one attached hydrogen (secondary N) is 1. The van der Waals surface area contributed by atoms with Gasteiger partial charge in [0.05, 0.1) is 6.61 Å². The van der Waals surface area contributed by atoms with Crippen LogP contribution in [0.25, 0.3) is 0 Å². The number of hydrogen-bond acceptors (Lipinski definition) is 3. The van der Waals surface area contributed by atoms with E-state index < -0.39 is 0 Å². The lowest BCUT2D eigenvalue weighted by Crippen LogP contribution is -2.41. The molecule has 3 nitrogen and oxygen atoms in total. The Morgan fingerprint density at radius 1 is 1.35 bits per heavy atom. The highest BCUT2D eigenvalue weighted by Crippen LogP contribution is 2.21. The first-order valence-electron chi connectivity index (χ1n) is 6.33. The Balaban J connectivity index is 2.00. The van der Waals surface area contributed by atoms with Crippen molar-refractivity contribution in [1.29, 1.82) is 0 Å². The quantitative estimate of drug-likeness (QED) is 0.862. The molecule has 1 saturated heterocycles. The van der Waals surface area contributed by atoms with Gasteiger partial charge in [0.2, 0.25) is 0 Å². The van der Waals surface area contributed by atoms with Crippen LogP contribution in [0.5, 0.6) is 0 Å². The number of methoxy groups -OCH3 is 1. The minimum Gasteiger partial charge on any atom is -0.380 e. The van der Waals surface area contributed by atoms with Gasteiger partial charge in [-0.25, -0.2) is 0 Å². The molecule has 1 aromatic rings. The van der Waals surface area contributed by atoms with E-state index in [1.165, 1.54) is 24.1 Å². The molecule has 0 radical (unpaired) electrons. The number of rotatable bonds is 4. The van der Waals surface area contributed by atoms with Crippen LogP contribution in [0.4, 0.5) is 5.69 Å². The lowest BCUT2D eigenvalue weighted by Gasteiger charge is -2.33. The van der Waals surface area contributed by atoms with Crippen molar-refractivity contribution in [2.24, 2.45) is 0 Å². The van der Waals surface area contributed by atoms with Gasteiger partial charge >= 0.3 is 0 Å². The molecule has 1 fully saturated rings. The molecule has 0 aliphatic carbocycles. The molecular formula is C14H22N2O.